The van der Waals surface area contributed by atoms with Gasteiger partial charge in [-0.15, -0.1) is 0 Å². The summed E-state index contributed by atoms with van der Waals surface area (Å²) in [5, 5.41) is 61.7. The van der Waals surface area contributed by atoms with Gasteiger partial charge in [0, 0.05) is 18.6 Å². The standard InChI is InChI=1S/C18H37N4O14P/c19-2-6-10(25)16(36-37(29,30)31)13(28)18(32-6)35-15-5(21)1-4(20)14(12(15)27)34-17-11(26)8(22)9(24)7(3-23)33-17/h4-18,23-28H,1-3,19-22H2,(H2,29,30,31)/t4-,5+,6-,7-,8+,9-,10-,11-,12-,13-,14+,15-,16?,17+,18-/m1/s1. The van der Waals surface area contributed by atoms with Gasteiger partial charge in [0.15, 0.2) is 12.6 Å². The highest BCUT2D eigenvalue weighted by atomic mass is 31.2. The normalized spacial score (nSPS) is 49.7. The summed E-state index contributed by atoms with van der Waals surface area (Å²) in [6.45, 7) is -0.986. The summed E-state index contributed by atoms with van der Waals surface area (Å²) in [6, 6.07) is -3.13. The van der Waals surface area contributed by atoms with E-state index in [1.165, 1.54) is 0 Å². The average Bonchev–Trinajstić information content (AvgIpc) is 2.82. The molecule has 3 rings (SSSR count). The highest BCUT2D eigenvalue weighted by molar-refractivity contribution is 7.46. The van der Waals surface area contributed by atoms with Gasteiger partial charge in [-0.1, -0.05) is 0 Å². The third kappa shape index (κ3) is 6.83. The van der Waals surface area contributed by atoms with Gasteiger partial charge in [0.1, 0.15) is 61.0 Å². The second-order valence-corrected chi connectivity index (χ2v) is 10.6. The van der Waals surface area contributed by atoms with Crippen molar-refractivity contribution in [2.75, 3.05) is 13.2 Å². The lowest BCUT2D eigenvalue weighted by Gasteiger charge is -2.48. The van der Waals surface area contributed by atoms with E-state index in [4.69, 9.17) is 51.7 Å². The van der Waals surface area contributed by atoms with Gasteiger partial charge in [0.25, 0.3) is 0 Å². The summed E-state index contributed by atoms with van der Waals surface area (Å²) in [5.74, 6) is 0. The van der Waals surface area contributed by atoms with Crippen LogP contribution in [0.25, 0.3) is 0 Å². The molecule has 218 valence electrons. The van der Waals surface area contributed by atoms with E-state index in [1.807, 2.05) is 0 Å². The fourth-order valence-corrected chi connectivity index (χ4v) is 5.24. The number of rotatable bonds is 8. The van der Waals surface area contributed by atoms with Gasteiger partial charge in [-0.2, -0.15) is 0 Å². The van der Waals surface area contributed by atoms with Crippen LogP contribution in [0.3, 0.4) is 0 Å². The second-order valence-electron chi connectivity index (χ2n) is 9.36. The van der Waals surface area contributed by atoms with E-state index >= 15 is 0 Å². The van der Waals surface area contributed by atoms with Crippen LogP contribution >= 0.6 is 7.82 Å². The van der Waals surface area contributed by atoms with Gasteiger partial charge in [0.2, 0.25) is 0 Å². The van der Waals surface area contributed by atoms with Crippen molar-refractivity contribution in [1.82, 2.24) is 0 Å². The van der Waals surface area contributed by atoms with Crippen molar-refractivity contribution < 1.29 is 68.5 Å². The molecule has 0 aromatic rings. The summed E-state index contributed by atoms with van der Waals surface area (Å²) >= 11 is 0. The first kappa shape index (κ1) is 31.1. The van der Waals surface area contributed by atoms with Crippen molar-refractivity contribution in [3.63, 3.8) is 0 Å². The SMILES string of the molecule is NC[C@H]1O[C@H](O[C@H]2[C@H](O)[C@@H](O[C@@H]3O[C@H](CO)[C@@H](O)[C@H](N)[C@H]3O)[C@H](N)C[C@@H]2N)[C@H](O)C(OP(=O)(O)O)[C@@H]1O. The molecule has 0 radical (unpaired) electrons. The van der Waals surface area contributed by atoms with Gasteiger partial charge >= 0.3 is 7.82 Å². The molecule has 2 aliphatic heterocycles. The predicted octanol–water partition coefficient (Wildman–Crippen LogP) is -7.17. The summed E-state index contributed by atoms with van der Waals surface area (Å²) < 4.78 is 38.0. The number of phosphoric ester groups is 1. The number of aliphatic hydroxyl groups is 6. The van der Waals surface area contributed by atoms with E-state index in [2.05, 4.69) is 4.52 Å². The molecule has 1 aliphatic carbocycles. The minimum Gasteiger partial charge on any atom is -0.394 e. The molecular weight excluding hydrogens is 527 g/mol. The molecular formula is C18H37N4O14P. The Morgan fingerprint density at radius 3 is 1.76 bits per heavy atom. The van der Waals surface area contributed by atoms with Crippen molar-refractivity contribution in [2.45, 2.75) is 98.2 Å². The van der Waals surface area contributed by atoms with Gasteiger partial charge < -0.3 is 82.3 Å². The monoisotopic (exact) mass is 564 g/mol. The maximum absolute atomic E-state index is 11.3. The molecule has 2 heterocycles. The Kier molecular flexibility index (Phi) is 10.4. The fourth-order valence-electron chi connectivity index (χ4n) is 4.67. The Morgan fingerprint density at radius 2 is 1.27 bits per heavy atom. The smallest absolute Gasteiger partial charge is 0.394 e. The van der Waals surface area contributed by atoms with Crippen molar-refractivity contribution in [3.8, 4) is 0 Å². The maximum atomic E-state index is 11.3. The minimum absolute atomic E-state index is 0.0124. The van der Waals surface area contributed by atoms with Crippen LogP contribution in [0.4, 0.5) is 0 Å². The molecule has 2 saturated heterocycles. The van der Waals surface area contributed by atoms with Crippen LogP contribution in [0.1, 0.15) is 6.42 Å². The van der Waals surface area contributed by atoms with Crippen molar-refractivity contribution in [3.05, 3.63) is 0 Å². The molecule has 0 spiro atoms. The number of hydrogen-bond acceptors (Lipinski definition) is 16. The van der Waals surface area contributed by atoms with Crippen LogP contribution in [-0.2, 0) is 28.0 Å². The van der Waals surface area contributed by atoms with E-state index in [0.29, 0.717) is 0 Å². The van der Waals surface area contributed by atoms with E-state index in [9.17, 15) is 35.2 Å². The molecule has 3 aliphatic rings. The fraction of sp³-hybridized carbons (Fsp3) is 1.00. The number of phosphoric acid groups is 1. The molecule has 1 saturated carbocycles. The second kappa shape index (κ2) is 12.4. The van der Waals surface area contributed by atoms with Gasteiger partial charge in [-0.3, -0.25) is 4.52 Å². The molecule has 0 amide bonds. The molecule has 0 aromatic carbocycles. The highest BCUT2D eigenvalue weighted by Gasteiger charge is 2.53. The topological polar surface area (TPSA) is 329 Å². The zero-order chi connectivity index (χ0) is 27.8. The third-order valence-corrected chi connectivity index (χ3v) is 7.23. The highest BCUT2D eigenvalue weighted by Crippen LogP contribution is 2.42. The zero-order valence-electron chi connectivity index (χ0n) is 19.6. The number of hydrogen-bond donors (Lipinski definition) is 12. The summed E-state index contributed by atoms with van der Waals surface area (Å²) in [5.41, 5.74) is 23.5. The molecule has 18 nitrogen and oxygen atoms in total. The van der Waals surface area contributed by atoms with Gasteiger partial charge in [-0.05, 0) is 6.42 Å². The van der Waals surface area contributed by atoms with Crippen molar-refractivity contribution >= 4 is 7.82 Å². The van der Waals surface area contributed by atoms with Crippen LogP contribution in [0.15, 0.2) is 0 Å². The molecule has 37 heavy (non-hydrogen) atoms. The first-order valence-electron chi connectivity index (χ1n) is 11.5. The minimum atomic E-state index is -5.17. The molecule has 3 fully saturated rings. The molecule has 16 N–H and O–H groups in total. The third-order valence-electron chi connectivity index (χ3n) is 6.71. The Balaban J connectivity index is 1.76. The lowest BCUT2D eigenvalue weighted by atomic mass is 9.84. The van der Waals surface area contributed by atoms with E-state index in [-0.39, 0.29) is 13.0 Å². The van der Waals surface area contributed by atoms with Crippen LogP contribution < -0.4 is 22.9 Å². The number of ether oxygens (including phenoxy) is 4. The molecule has 15 atom stereocenters. The summed E-state index contributed by atoms with van der Waals surface area (Å²) in [7, 11) is -5.17. The van der Waals surface area contributed by atoms with Crippen molar-refractivity contribution in [1.29, 1.82) is 0 Å². The Bertz CT molecular complexity index is 796. The van der Waals surface area contributed by atoms with Crippen LogP contribution in [0.2, 0.25) is 0 Å². The van der Waals surface area contributed by atoms with Gasteiger partial charge in [0.05, 0.1) is 12.6 Å². The Morgan fingerprint density at radius 1 is 0.757 bits per heavy atom. The van der Waals surface area contributed by atoms with E-state index in [1.54, 1.807) is 0 Å². The lowest BCUT2D eigenvalue weighted by Crippen LogP contribution is -2.68. The zero-order valence-corrected chi connectivity index (χ0v) is 20.5. The lowest BCUT2D eigenvalue weighted by molar-refractivity contribution is -0.330. The average molecular weight is 564 g/mol. The molecule has 19 heteroatoms. The van der Waals surface area contributed by atoms with Crippen LogP contribution in [0.5, 0.6) is 0 Å². The molecule has 0 aromatic heterocycles. The first-order chi connectivity index (χ1) is 17.2. The molecule has 1 unspecified atom stereocenters. The van der Waals surface area contributed by atoms with E-state index < -0.39 is 106 Å². The number of aliphatic hydroxyl groups excluding tert-OH is 6. The van der Waals surface area contributed by atoms with Crippen molar-refractivity contribution in [2.24, 2.45) is 22.9 Å². The van der Waals surface area contributed by atoms with Crippen LogP contribution in [0, 0.1) is 0 Å². The van der Waals surface area contributed by atoms with Gasteiger partial charge in [-0.25, -0.2) is 4.57 Å². The van der Waals surface area contributed by atoms with E-state index in [0.717, 1.165) is 0 Å². The first-order valence-corrected chi connectivity index (χ1v) is 13.1. The predicted molar refractivity (Wildman–Crippen MR) is 119 cm³/mol. The summed E-state index contributed by atoms with van der Waals surface area (Å²) in [4.78, 5) is 18.3. The molecule has 0 bridgehead atoms. The largest absolute Gasteiger partial charge is 0.470 e. The quantitative estimate of drug-likeness (QED) is 0.122. The number of nitrogens with two attached hydrogens (primary N) is 4. The summed E-state index contributed by atoms with van der Waals surface area (Å²) in [6.07, 6.45) is -18.5. The van der Waals surface area contributed by atoms with Crippen LogP contribution in [-0.4, -0.2) is 145 Å². The Labute approximate surface area is 211 Å². The maximum Gasteiger partial charge on any atom is 0.470 e. The Hall–Kier alpha value is -0.450.